The number of nitrogens with zero attached hydrogens (tertiary/aromatic N) is 1. The van der Waals surface area contributed by atoms with E-state index in [1.807, 2.05) is 14.1 Å². The molecule has 1 heterocycles. The summed E-state index contributed by atoms with van der Waals surface area (Å²) in [5, 5.41) is 0. The molecule has 3 fully saturated rings. The van der Waals surface area contributed by atoms with Crippen molar-refractivity contribution in [3.05, 3.63) is 0 Å². The Kier molecular flexibility index (Phi) is 4.08. The Balaban J connectivity index is 1.86. The highest BCUT2D eigenvalue weighted by molar-refractivity contribution is 7.59. The lowest BCUT2D eigenvalue weighted by Gasteiger charge is -2.51. The van der Waals surface area contributed by atoms with Gasteiger partial charge in [-0.05, 0) is 51.6 Å². The Bertz CT molecular complexity index is 371. The smallest absolute Gasteiger partial charge is 0.220 e. The molecular formula is C15H28NO2P. The van der Waals surface area contributed by atoms with Gasteiger partial charge in [-0.2, -0.15) is 0 Å². The predicted molar refractivity (Wildman–Crippen MR) is 78.7 cm³/mol. The van der Waals surface area contributed by atoms with Crippen molar-refractivity contribution in [3.8, 4) is 0 Å². The highest BCUT2D eigenvalue weighted by Crippen LogP contribution is 2.66. The quantitative estimate of drug-likeness (QED) is 0.720. The van der Waals surface area contributed by atoms with Crippen LogP contribution in [0.4, 0.5) is 0 Å². The molecule has 4 heteroatoms. The van der Waals surface area contributed by atoms with Crippen LogP contribution in [0.15, 0.2) is 0 Å². The summed E-state index contributed by atoms with van der Waals surface area (Å²) in [7, 11) is 1.58. The summed E-state index contributed by atoms with van der Waals surface area (Å²) >= 11 is 0. The van der Waals surface area contributed by atoms with E-state index < -0.39 is 7.37 Å². The first-order chi connectivity index (χ1) is 9.10. The SMILES string of the molecule is CN(C)CP1(=O)OC2CCCCC2C2CCCCC21. The van der Waals surface area contributed by atoms with Crippen molar-refractivity contribution in [3.63, 3.8) is 0 Å². The van der Waals surface area contributed by atoms with Gasteiger partial charge in [0.1, 0.15) is 0 Å². The van der Waals surface area contributed by atoms with E-state index in [2.05, 4.69) is 4.90 Å². The van der Waals surface area contributed by atoms with Crippen LogP contribution in [-0.2, 0) is 9.09 Å². The molecule has 0 N–H and O–H groups in total. The molecule has 0 amide bonds. The molecule has 1 saturated heterocycles. The molecule has 3 rings (SSSR count). The van der Waals surface area contributed by atoms with Crippen LogP contribution in [0.2, 0.25) is 0 Å². The number of hydrogen-bond acceptors (Lipinski definition) is 3. The highest BCUT2D eigenvalue weighted by Gasteiger charge is 2.52. The van der Waals surface area contributed by atoms with Crippen molar-refractivity contribution in [1.82, 2.24) is 4.90 Å². The van der Waals surface area contributed by atoms with Crippen LogP contribution in [0.5, 0.6) is 0 Å². The molecule has 2 saturated carbocycles. The van der Waals surface area contributed by atoms with Crippen molar-refractivity contribution in [2.24, 2.45) is 11.8 Å². The molecule has 5 atom stereocenters. The maximum atomic E-state index is 13.4. The molecule has 110 valence electrons. The topological polar surface area (TPSA) is 29.5 Å². The summed E-state index contributed by atoms with van der Waals surface area (Å²) in [5.41, 5.74) is 0.364. The number of hydrogen-bond donors (Lipinski definition) is 0. The van der Waals surface area contributed by atoms with Crippen molar-refractivity contribution < 1.29 is 9.09 Å². The van der Waals surface area contributed by atoms with E-state index in [-0.39, 0.29) is 0 Å². The second kappa shape index (κ2) is 5.50. The van der Waals surface area contributed by atoms with Gasteiger partial charge in [0.25, 0.3) is 0 Å². The summed E-state index contributed by atoms with van der Waals surface area (Å²) < 4.78 is 19.7. The number of rotatable bonds is 2. The lowest BCUT2D eigenvalue weighted by molar-refractivity contribution is 0.0156. The fraction of sp³-hybridized carbons (Fsp3) is 1.00. The van der Waals surface area contributed by atoms with Crippen LogP contribution < -0.4 is 0 Å². The van der Waals surface area contributed by atoms with Crippen LogP contribution in [0.1, 0.15) is 51.4 Å². The largest absolute Gasteiger partial charge is 0.324 e. The van der Waals surface area contributed by atoms with E-state index in [4.69, 9.17) is 4.52 Å². The van der Waals surface area contributed by atoms with E-state index >= 15 is 0 Å². The summed E-state index contributed by atoms with van der Waals surface area (Å²) in [5.74, 6) is 1.40. The summed E-state index contributed by atoms with van der Waals surface area (Å²) in [6.07, 6.45) is 11.1. The third-order valence-electron chi connectivity index (χ3n) is 5.38. The summed E-state index contributed by atoms with van der Waals surface area (Å²) in [6.45, 7) is 0. The molecule has 0 aromatic carbocycles. The van der Waals surface area contributed by atoms with E-state index in [0.29, 0.717) is 29.9 Å². The second-order valence-corrected chi connectivity index (χ2v) is 9.66. The Morgan fingerprint density at radius 1 is 1.00 bits per heavy atom. The molecule has 1 aliphatic heterocycles. The highest BCUT2D eigenvalue weighted by atomic mass is 31.2. The van der Waals surface area contributed by atoms with Gasteiger partial charge in [0.2, 0.25) is 7.37 Å². The minimum Gasteiger partial charge on any atom is -0.324 e. The van der Waals surface area contributed by atoms with E-state index in [0.717, 1.165) is 12.8 Å². The molecule has 0 aromatic heterocycles. The fourth-order valence-corrected chi connectivity index (χ4v) is 8.18. The zero-order chi connectivity index (χ0) is 13.5. The third kappa shape index (κ3) is 2.66. The van der Waals surface area contributed by atoms with Gasteiger partial charge >= 0.3 is 0 Å². The molecule has 0 radical (unpaired) electrons. The Morgan fingerprint density at radius 2 is 1.63 bits per heavy atom. The first kappa shape index (κ1) is 14.1. The van der Waals surface area contributed by atoms with Crippen molar-refractivity contribution in [1.29, 1.82) is 0 Å². The predicted octanol–water partition coefficient (Wildman–Crippen LogP) is 3.93. The van der Waals surface area contributed by atoms with Gasteiger partial charge in [-0.1, -0.05) is 25.7 Å². The lowest BCUT2D eigenvalue weighted by Crippen LogP contribution is -2.46. The van der Waals surface area contributed by atoms with Gasteiger partial charge in [-0.3, -0.25) is 4.57 Å². The fourth-order valence-electron chi connectivity index (χ4n) is 4.71. The van der Waals surface area contributed by atoms with Gasteiger partial charge in [0.05, 0.1) is 12.4 Å². The summed E-state index contributed by atoms with van der Waals surface area (Å²) in [6, 6.07) is 0. The Hall–Kier alpha value is 0.150. The lowest BCUT2D eigenvalue weighted by atomic mass is 9.71. The van der Waals surface area contributed by atoms with Crippen LogP contribution in [0.3, 0.4) is 0 Å². The first-order valence-corrected chi connectivity index (χ1v) is 9.90. The monoisotopic (exact) mass is 285 g/mol. The minimum absolute atomic E-state index is 0.305. The van der Waals surface area contributed by atoms with E-state index in [1.54, 1.807) is 0 Å². The zero-order valence-electron chi connectivity index (χ0n) is 12.4. The molecule has 19 heavy (non-hydrogen) atoms. The molecule has 0 bridgehead atoms. The third-order valence-corrected chi connectivity index (χ3v) is 8.62. The average molecular weight is 285 g/mol. The van der Waals surface area contributed by atoms with Gasteiger partial charge < -0.3 is 9.42 Å². The van der Waals surface area contributed by atoms with E-state index in [9.17, 15) is 4.57 Å². The van der Waals surface area contributed by atoms with Crippen LogP contribution in [-0.4, -0.2) is 37.0 Å². The molecule has 0 aromatic rings. The van der Waals surface area contributed by atoms with Crippen molar-refractivity contribution in [2.45, 2.75) is 63.1 Å². The van der Waals surface area contributed by atoms with Crippen LogP contribution >= 0.6 is 7.37 Å². The van der Waals surface area contributed by atoms with Crippen LogP contribution in [0, 0.1) is 11.8 Å². The summed E-state index contributed by atoms with van der Waals surface area (Å²) in [4.78, 5) is 2.07. The number of fused-ring (bicyclic) bond motifs is 3. The first-order valence-electron chi connectivity index (χ1n) is 8.02. The van der Waals surface area contributed by atoms with E-state index in [1.165, 1.54) is 38.5 Å². The second-order valence-electron chi connectivity index (χ2n) is 7.06. The normalized spacial score (nSPS) is 46.7. The zero-order valence-corrected chi connectivity index (χ0v) is 13.3. The molecule has 3 aliphatic rings. The maximum Gasteiger partial charge on any atom is 0.220 e. The molecule has 2 aliphatic carbocycles. The van der Waals surface area contributed by atoms with Gasteiger partial charge in [0.15, 0.2) is 0 Å². The minimum atomic E-state index is -2.46. The molecule has 5 unspecified atom stereocenters. The van der Waals surface area contributed by atoms with Gasteiger partial charge in [0, 0.05) is 5.66 Å². The molecular weight excluding hydrogens is 257 g/mol. The van der Waals surface area contributed by atoms with Gasteiger partial charge in [-0.15, -0.1) is 0 Å². The molecule has 3 nitrogen and oxygen atoms in total. The Morgan fingerprint density at radius 3 is 2.37 bits per heavy atom. The van der Waals surface area contributed by atoms with Crippen LogP contribution in [0.25, 0.3) is 0 Å². The van der Waals surface area contributed by atoms with Crippen molar-refractivity contribution in [2.75, 3.05) is 20.4 Å². The maximum absolute atomic E-state index is 13.4. The standard InChI is InChI=1S/C15H28NO2P/c1-16(2)11-19(17)15-10-6-4-8-13(15)12-7-3-5-9-14(12)18-19/h12-15H,3-11H2,1-2H3. The van der Waals surface area contributed by atoms with Gasteiger partial charge in [-0.25, -0.2) is 0 Å². The average Bonchev–Trinajstić information content (AvgIpc) is 2.38. The molecule has 0 spiro atoms. The van der Waals surface area contributed by atoms with Crippen molar-refractivity contribution >= 4 is 7.37 Å². The Labute approximate surface area is 117 Å².